The summed E-state index contributed by atoms with van der Waals surface area (Å²) in [6.45, 7) is 0.847. The number of nitrogens with zero attached hydrogens (tertiary/aromatic N) is 1. The first-order chi connectivity index (χ1) is 8.42. The highest BCUT2D eigenvalue weighted by Crippen LogP contribution is 2.23. The van der Waals surface area contributed by atoms with Gasteiger partial charge in [0.05, 0.1) is 19.8 Å². The van der Waals surface area contributed by atoms with Crippen LogP contribution in [0.25, 0.3) is 0 Å². The van der Waals surface area contributed by atoms with Crippen molar-refractivity contribution in [3.8, 4) is 0 Å². The fraction of sp³-hybridized carbons (Fsp3) is 0.900. The Bertz CT molecular complexity index is 290. The summed E-state index contributed by atoms with van der Waals surface area (Å²) in [5, 5.41) is 32.6. The lowest BCUT2D eigenvalue weighted by molar-refractivity contribution is -0.295. The number of likely N-dealkylation sites (N-methyl/N-ethyl adjacent to an activating group) is 1. The Balaban J connectivity index is 2.90. The van der Waals surface area contributed by atoms with Crippen molar-refractivity contribution in [3.05, 3.63) is 0 Å². The van der Waals surface area contributed by atoms with Gasteiger partial charge in [0, 0.05) is 14.0 Å². The topological polar surface area (TPSA) is 111 Å². The van der Waals surface area contributed by atoms with Gasteiger partial charge in [0.15, 0.2) is 6.23 Å². The third-order valence-corrected chi connectivity index (χ3v) is 2.92. The minimum absolute atomic E-state index is 0.369. The van der Waals surface area contributed by atoms with Gasteiger partial charge < -0.3 is 25.4 Å². The van der Waals surface area contributed by atoms with Crippen molar-refractivity contribution in [2.75, 3.05) is 20.8 Å². The molecule has 0 aliphatic carbocycles. The fourth-order valence-electron chi connectivity index (χ4n) is 1.90. The van der Waals surface area contributed by atoms with Crippen LogP contribution in [0.15, 0.2) is 0 Å². The van der Waals surface area contributed by atoms with E-state index in [1.165, 1.54) is 19.1 Å². The highest BCUT2D eigenvalue weighted by molar-refractivity contribution is 5.73. The number of hydrogen-bond acceptors (Lipinski definition) is 7. The van der Waals surface area contributed by atoms with Gasteiger partial charge in [-0.2, -0.15) is 5.06 Å². The number of carbonyl (C=O) groups is 1. The van der Waals surface area contributed by atoms with Crippen LogP contribution in [0.1, 0.15) is 6.92 Å². The van der Waals surface area contributed by atoms with E-state index in [9.17, 15) is 15.0 Å². The standard InChI is InChI=1S/C10H20N2O6/c1-5(14)11-7-9(16)8(15)6(4-13)18-10(7)12(2)17-3/h6-10,13,15-16H,4H2,1-3H3,(H,11,14)/t6?,7?,8-,9?,10-/m0/s1. The molecule has 3 unspecified atom stereocenters. The molecule has 1 saturated heterocycles. The van der Waals surface area contributed by atoms with E-state index in [2.05, 4.69) is 5.32 Å². The molecular formula is C10H20N2O6. The van der Waals surface area contributed by atoms with E-state index >= 15 is 0 Å². The molecule has 18 heavy (non-hydrogen) atoms. The number of amides is 1. The van der Waals surface area contributed by atoms with E-state index in [-0.39, 0.29) is 5.91 Å². The minimum atomic E-state index is -1.28. The van der Waals surface area contributed by atoms with E-state index in [0.717, 1.165) is 0 Å². The van der Waals surface area contributed by atoms with Crippen molar-refractivity contribution in [2.45, 2.75) is 37.5 Å². The summed E-state index contributed by atoms with van der Waals surface area (Å²) in [7, 11) is 2.96. The molecule has 4 N–H and O–H groups in total. The average Bonchev–Trinajstić information content (AvgIpc) is 2.34. The predicted molar refractivity (Wildman–Crippen MR) is 60.1 cm³/mol. The summed E-state index contributed by atoms with van der Waals surface area (Å²) < 4.78 is 5.41. The van der Waals surface area contributed by atoms with Crippen molar-refractivity contribution in [1.82, 2.24) is 10.4 Å². The molecule has 0 bridgehead atoms. The van der Waals surface area contributed by atoms with Crippen molar-refractivity contribution < 1.29 is 29.7 Å². The number of carbonyl (C=O) groups excluding carboxylic acids is 1. The van der Waals surface area contributed by atoms with Crippen LogP contribution >= 0.6 is 0 Å². The molecule has 8 heteroatoms. The monoisotopic (exact) mass is 264 g/mol. The van der Waals surface area contributed by atoms with Gasteiger partial charge in [-0.1, -0.05) is 0 Å². The Kier molecular flexibility index (Phi) is 5.45. The van der Waals surface area contributed by atoms with Gasteiger partial charge in [-0.15, -0.1) is 0 Å². The first-order valence-electron chi connectivity index (χ1n) is 5.58. The number of aliphatic hydroxyl groups is 3. The normalized spacial score (nSPS) is 36.7. The van der Waals surface area contributed by atoms with E-state index in [1.807, 2.05) is 0 Å². The number of hydroxylamine groups is 2. The van der Waals surface area contributed by atoms with Crippen LogP contribution in [0.5, 0.6) is 0 Å². The van der Waals surface area contributed by atoms with Crippen LogP contribution in [-0.2, 0) is 14.4 Å². The fourth-order valence-corrected chi connectivity index (χ4v) is 1.90. The largest absolute Gasteiger partial charge is 0.394 e. The lowest BCUT2D eigenvalue weighted by Gasteiger charge is -2.44. The third kappa shape index (κ3) is 3.16. The molecule has 1 aliphatic heterocycles. The third-order valence-electron chi connectivity index (χ3n) is 2.92. The Hall–Kier alpha value is -0.770. The van der Waals surface area contributed by atoms with Crippen LogP contribution in [0.4, 0.5) is 0 Å². The maximum Gasteiger partial charge on any atom is 0.217 e. The molecular weight excluding hydrogens is 244 g/mol. The lowest BCUT2D eigenvalue weighted by atomic mass is 9.96. The smallest absolute Gasteiger partial charge is 0.217 e. The maximum atomic E-state index is 11.1. The lowest BCUT2D eigenvalue weighted by Crippen LogP contribution is -2.67. The Morgan fingerprint density at radius 2 is 2.06 bits per heavy atom. The van der Waals surface area contributed by atoms with Crippen LogP contribution in [0.3, 0.4) is 0 Å². The summed E-state index contributed by atoms with van der Waals surface area (Å²) in [5.74, 6) is -0.369. The summed E-state index contributed by atoms with van der Waals surface area (Å²) >= 11 is 0. The molecule has 1 fully saturated rings. The van der Waals surface area contributed by atoms with Crippen molar-refractivity contribution in [1.29, 1.82) is 0 Å². The van der Waals surface area contributed by atoms with Crippen LogP contribution in [0.2, 0.25) is 0 Å². The number of ether oxygens (including phenoxy) is 1. The zero-order valence-electron chi connectivity index (χ0n) is 10.6. The molecule has 1 rings (SSSR count). The molecule has 0 aromatic carbocycles. The predicted octanol–water partition coefficient (Wildman–Crippen LogP) is -2.58. The van der Waals surface area contributed by atoms with Gasteiger partial charge in [-0.3, -0.25) is 9.63 Å². The first-order valence-corrected chi connectivity index (χ1v) is 5.58. The molecule has 1 amide bonds. The Morgan fingerprint density at radius 3 is 2.50 bits per heavy atom. The summed E-state index contributed by atoms with van der Waals surface area (Å²) in [6.07, 6.45) is -4.29. The number of rotatable bonds is 4. The van der Waals surface area contributed by atoms with E-state index in [1.54, 1.807) is 7.05 Å². The second kappa shape index (κ2) is 6.41. The average molecular weight is 264 g/mol. The van der Waals surface area contributed by atoms with Gasteiger partial charge in [-0.25, -0.2) is 0 Å². The maximum absolute atomic E-state index is 11.1. The molecule has 1 heterocycles. The summed E-state index contributed by atoms with van der Waals surface area (Å²) in [6, 6.07) is -0.856. The molecule has 0 aromatic rings. The molecule has 0 aromatic heterocycles. The summed E-state index contributed by atoms with van der Waals surface area (Å²) in [5.41, 5.74) is 0. The zero-order valence-corrected chi connectivity index (χ0v) is 10.6. The quantitative estimate of drug-likeness (QED) is 0.413. The van der Waals surface area contributed by atoms with Crippen LogP contribution in [0, 0.1) is 0 Å². The molecule has 0 saturated carbocycles. The highest BCUT2D eigenvalue weighted by atomic mass is 16.7. The van der Waals surface area contributed by atoms with E-state index in [0.29, 0.717) is 0 Å². The van der Waals surface area contributed by atoms with Crippen LogP contribution < -0.4 is 5.32 Å². The zero-order chi connectivity index (χ0) is 13.9. The van der Waals surface area contributed by atoms with Gasteiger partial charge in [0.2, 0.25) is 5.91 Å². The Labute approximate surface area is 105 Å². The SMILES string of the molecule is CON(C)[C@H]1OC(CO)[C@H](O)C(O)C1NC(C)=O. The minimum Gasteiger partial charge on any atom is -0.394 e. The Morgan fingerprint density at radius 1 is 1.44 bits per heavy atom. The van der Waals surface area contributed by atoms with E-state index in [4.69, 9.17) is 14.7 Å². The molecule has 0 spiro atoms. The van der Waals surface area contributed by atoms with Crippen molar-refractivity contribution in [2.24, 2.45) is 0 Å². The van der Waals surface area contributed by atoms with Gasteiger partial charge in [-0.05, 0) is 0 Å². The number of nitrogens with one attached hydrogen (secondary N) is 1. The van der Waals surface area contributed by atoms with Gasteiger partial charge in [0.1, 0.15) is 18.3 Å². The molecule has 5 atom stereocenters. The van der Waals surface area contributed by atoms with Crippen molar-refractivity contribution >= 4 is 5.91 Å². The second-order valence-corrected chi connectivity index (χ2v) is 4.18. The summed E-state index contributed by atoms with van der Waals surface area (Å²) in [4.78, 5) is 16.1. The molecule has 106 valence electrons. The molecule has 1 aliphatic rings. The highest BCUT2D eigenvalue weighted by Gasteiger charge is 2.46. The molecule has 8 nitrogen and oxygen atoms in total. The van der Waals surface area contributed by atoms with E-state index < -0.39 is 37.2 Å². The number of aliphatic hydroxyl groups excluding tert-OH is 3. The second-order valence-electron chi connectivity index (χ2n) is 4.18. The number of hydrogen-bond donors (Lipinski definition) is 4. The molecule has 0 radical (unpaired) electrons. The van der Waals surface area contributed by atoms with Gasteiger partial charge in [0.25, 0.3) is 0 Å². The van der Waals surface area contributed by atoms with Crippen LogP contribution in [-0.4, -0.2) is 77.6 Å². The van der Waals surface area contributed by atoms with Crippen molar-refractivity contribution in [3.63, 3.8) is 0 Å². The van der Waals surface area contributed by atoms with Gasteiger partial charge >= 0.3 is 0 Å². The first kappa shape index (κ1) is 15.3.